The molecule has 0 fully saturated rings. The van der Waals surface area contributed by atoms with Crippen molar-refractivity contribution in [2.75, 3.05) is 12.1 Å². The predicted molar refractivity (Wildman–Crippen MR) is 94.4 cm³/mol. The molecule has 2 aromatic carbocycles. The van der Waals surface area contributed by atoms with E-state index in [1.807, 2.05) is 12.1 Å². The lowest BCUT2D eigenvalue weighted by molar-refractivity contribution is -0.114. The lowest BCUT2D eigenvalue weighted by Crippen LogP contribution is -2.06. The monoisotopic (exact) mass is 387 g/mol. The summed E-state index contributed by atoms with van der Waals surface area (Å²) in [6.45, 7) is 1.62. The number of rotatable bonds is 4. The molecule has 0 atom stereocenters. The fraction of sp³-hybridized carbons (Fsp3) is 0.111. The zero-order chi connectivity index (χ0) is 17.1. The second kappa shape index (κ2) is 6.88. The Morgan fingerprint density at radius 1 is 1.17 bits per heavy atom. The van der Waals surface area contributed by atoms with E-state index < -0.39 is 0 Å². The largest absolute Gasteiger partial charge is 0.454 e. The molecule has 0 bridgehead atoms. The molecule has 0 unspecified atom stereocenters. The van der Waals surface area contributed by atoms with Gasteiger partial charge in [-0.2, -0.15) is 0 Å². The van der Waals surface area contributed by atoms with Gasteiger partial charge in [0.25, 0.3) is 0 Å². The second-order valence-electron chi connectivity index (χ2n) is 5.19. The van der Waals surface area contributed by atoms with Crippen LogP contribution in [0.3, 0.4) is 0 Å². The Kier molecular flexibility index (Phi) is 4.66. The quantitative estimate of drug-likeness (QED) is 0.635. The molecule has 1 aliphatic rings. The van der Waals surface area contributed by atoms with Crippen molar-refractivity contribution in [2.24, 2.45) is 0 Å². The molecule has 1 heterocycles. The molecular weight excluding hydrogens is 374 g/mol. The fourth-order valence-electron chi connectivity index (χ4n) is 2.28. The number of benzene rings is 2. The minimum Gasteiger partial charge on any atom is -0.454 e. The maximum atomic E-state index is 12.3. The summed E-state index contributed by atoms with van der Waals surface area (Å²) >= 11 is 3.45. The summed E-state index contributed by atoms with van der Waals surface area (Å²) in [7, 11) is 0. The highest BCUT2D eigenvalue weighted by molar-refractivity contribution is 9.10. The van der Waals surface area contributed by atoms with Crippen molar-refractivity contribution in [2.45, 2.75) is 6.92 Å². The molecular formula is C18H14BrNO4. The summed E-state index contributed by atoms with van der Waals surface area (Å²) in [6.07, 6.45) is 3.19. The van der Waals surface area contributed by atoms with Gasteiger partial charge in [0.2, 0.25) is 12.7 Å². The van der Waals surface area contributed by atoms with Crippen molar-refractivity contribution in [3.05, 3.63) is 58.1 Å². The number of hydrogen-bond donors (Lipinski definition) is 1. The number of nitrogens with one attached hydrogen (secondary N) is 1. The summed E-state index contributed by atoms with van der Waals surface area (Å²) in [5.74, 6) is 0.984. The van der Waals surface area contributed by atoms with Crippen molar-refractivity contribution in [1.82, 2.24) is 0 Å². The van der Waals surface area contributed by atoms with Crippen LogP contribution < -0.4 is 14.8 Å². The number of ether oxygens (including phenoxy) is 2. The van der Waals surface area contributed by atoms with Crippen molar-refractivity contribution in [3.8, 4) is 11.5 Å². The van der Waals surface area contributed by atoms with Gasteiger partial charge < -0.3 is 14.8 Å². The van der Waals surface area contributed by atoms with Crippen LogP contribution in [0.2, 0.25) is 0 Å². The number of fused-ring (bicyclic) bond motifs is 1. The minimum atomic E-state index is -0.181. The third-order valence-corrected chi connectivity index (χ3v) is 4.06. The van der Waals surface area contributed by atoms with Crippen LogP contribution in [-0.2, 0) is 4.79 Å². The SMILES string of the molecule is CC(=O)Nc1cccc(C(=O)C=Cc2cc3c(cc2Br)OCO3)c1. The van der Waals surface area contributed by atoms with Gasteiger partial charge in [0.1, 0.15) is 0 Å². The molecule has 0 aromatic heterocycles. The summed E-state index contributed by atoms with van der Waals surface area (Å²) in [5, 5.41) is 2.66. The summed E-state index contributed by atoms with van der Waals surface area (Å²) in [4.78, 5) is 23.4. The minimum absolute atomic E-state index is 0.160. The molecule has 1 aliphatic heterocycles. The van der Waals surface area contributed by atoms with Gasteiger partial charge in [0.05, 0.1) is 0 Å². The Hall–Kier alpha value is -2.60. The van der Waals surface area contributed by atoms with Gasteiger partial charge >= 0.3 is 0 Å². The third kappa shape index (κ3) is 3.65. The zero-order valence-corrected chi connectivity index (χ0v) is 14.4. The Morgan fingerprint density at radius 2 is 1.92 bits per heavy atom. The Labute approximate surface area is 147 Å². The van der Waals surface area contributed by atoms with Crippen molar-refractivity contribution in [3.63, 3.8) is 0 Å². The third-order valence-electron chi connectivity index (χ3n) is 3.37. The van der Waals surface area contributed by atoms with E-state index in [9.17, 15) is 9.59 Å². The van der Waals surface area contributed by atoms with Crippen LogP contribution >= 0.6 is 15.9 Å². The van der Waals surface area contributed by atoms with Crippen LogP contribution in [0.15, 0.2) is 46.9 Å². The number of hydrogen-bond acceptors (Lipinski definition) is 4. The van der Waals surface area contributed by atoms with Gasteiger partial charge in [0, 0.05) is 22.6 Å². The smallest absolute Gasteiger partial charge is 0.231 e. The number of amides is 1. The Morgan fingerprint density at radius 3 is 2.67 bits per heavy atom. The van der Waals surface area contributed by atoms with E-state index >= 15 is 0 Å². The summed E-state index contributed by atoms with van der Waals surface area (Å²) in [6, 6.07) is 10.4. The van der Waals surface area contributed by atoms with E-state index in [1.165, 1.54) is 13.0 Å². The number of halogens is 1. The molecule has 0 spiro atoms. The van der Waals surface area contributed by atoms with Crippen LogP contribution in [0.1, 0.15) is 22.8 Å². The lowest BCUT2D eigenvalue weighted by atomic mass is 10.1. The van der Waals surface area contributed by atoms with E-state index in [4.69, 9.17) is 9.47 Å². The number of anilines is 1. The van der Waals surface area contributed by atoms with Crippen molar-refractivity contribution in [1.29, 1.82) is 0 Å². The zero-order valence-electron chi connectivity index (χ0n) is 12.8. The van der Waals surface area contributed by atoms with Crippen LogP contribution in [0.4, 0.5) is 5.69 Å². The van der Waals surface area contributed by atoms with Crippen LogP contribution in [0.25, 0.3) is 6.08 Å². The van der Waals surface area contributed by atoms with E-state index in [0.717, 1.165) is 10.0 Å². The molecule has 0 saturated heterocycles. The molecule has 6 heteroatoms. The lowest BCUT2D eigenvalue weighted by Gasteiger charge is -2.04. The normalized spacial score (nSPS) is 12.4. The molecule has 0 radical (unpaired) electrons. The van der Waals surface area contributed by atoms with Crippen molar-refractivity contribution >= 4 is 39.4 Å². The maximum Gasteiger partial charge on any atom is 0.231 e. The van der Waals surface area contributed by atoms with Gasteiger partial charge in [-0.05, 0) is 42.0 Å². The second-order valence-corrected chi connectivity index (χ2v) is 6.04. The number of carbonyl (C=O) groups excluding carboxylic acids is 2. The van der Waals surface area contributed by atoms with Crippen LogP contribution in [0.5, 0.6) is 11.5 Å². The molecule has 24 heavy (non-hydrogen) atoms. The average molecular weight is 388 g/mol. The highest BCUT2D eigenvalue weighted by Gasteiger charge is 2.15. The van der Waals surface area contributed by atoms with E-state index in [0.29, 0.717) is 22.7 Å². The molecule has 122 valence electrons. The molecule has 0 saturated carbocycles. The molecule has 1 N–H and O–H groups in total. The van der Waals surface area contributed by atoms with E-state index in [-0.39, 0.29) is 18.5 Å². The predicted octanol–water partition coefficient (Wildman–Crippen LogP) is 4.03. The van der Waals surface area contributed by atoms with E-state index in [1.54, 1.807) is 30.3 Å². The van der Waals surface area contributed by atoms with Gasteiger partial charge in [-0.3, -0.25) is 9.59 Å². The number of carbonyl (C=O) groups is 2. The molecule has 0 aliphatic carbocycles. The summed E-state index contributed by atoms with van der Waals surface area (Å²) < 4.78 is 11.4. The first-order valence-electron chi connectivity index (χ1n) is 7.22. The van der Waals surface area contributed by atoms with E-state index in [2.05, 4.69) is 21.2 Å². The van der Waals surface area contributed by atoms with Gasteiger partial charge in [-0.25, -0.2) is 0 Å². The maximum absolute atomic E-state index is 12.3. The summed E-state index contributed by atoms with van der Waals surface area (Å²) in [5.41, 5.74) is 1.89. The molecule has 1 amide bonds. The van der Waals surface area contributed by atoms with Gasteiger partial charge in [0.15, 0.2) is 17.3 Å². The highest BCUT2D eigenvalue weighted by atomic mass is 79.9. The Balaban J connectivity index is 1.80. The first-order chi connectivity index (χ1) is 11.5. The fourth-order valence-corrected chi connectivity index (χ4v) is 2.73. The first-order valence-corrected chi connectivity index (χ1v) is 8.01. The van der Waals surface area contributed by atoms with Crippen LogP contribution in [-0.4, -0.2) is 18.5 Å². The topological polar surface area (TPSA) is 64.6 Å². The average Bonchev–Trinajstić information content (AvgIpc) is 2.99. The standard InChI is InChI=1S/C18H14BrNO4/c1-11(21)20-14-4-2-3-13(7-14)16(22)6-5-12-8-17-18(9-15(12)19)24-10-23-17/h2-9H,10H2,1H3,(H,20,21). The Bertz CT molecular complexity index is 845. The van der Waals surface area contributed by atoms with Gasteiger partial charge in [-0.1, -0.05) is 28.1 Å². The molecule has 3 rings (SSSR count). The molecule has 5 nitrogen and oxygen atoms in total. The molecule has 2 aromatic rings. The van der Waals surface area contributed by atoms with Crippen molar-refractivity contribution < 1.29 is 19.1 Å². The number of ketones is 1. The van der Waals surface area contributed by atoms with Crippen LogP contribution in [0, 0.1) is 0 Å². The highest BCUT2D eigenvalue weighted by Crippen LogP contribution is 2.37. The van der Waals surface area contributed by atoms with Gasteiger partial charge in [-0.15, -0.1) is 0 Å². The number of allylic oxidation sites excluding steroid dienone is 1. The first kappa shape index (κ1) is 16.3.